The largest absolute Gasteiger partial charge is 0.462 e. The van der Waals surface area contributed by atoms with E-state index in [1.165, 1.54) is 89.9 Å². The fourth-order valence-electron chi connectivity index (χ4n) is 7.30. The van der Waals surface area contributed by atoms with E-state index >= 15 is 0 Å². The molecule has 0 bridgehead atoms. The zero-order valence-corrected chi connectivity index (χ0v) is 43.2. The highest BCUT2D eigenvalue weighted by Crippen LogP contribution is 2.15. The van der Waals surface area contributed by atoms with E-state index < -0.39 is 6.10 Å². The van der Waals surface area contributed by atoms with Crippen molar-refractivity contribution in [2.75, 3.05) is 19.8 Å². The van der Waals surface area contributed by atoms with Gasteiger partial charge in [0.25, 0.3) is 0 Å². The number of hydrogen-bond acceptors (Lipinski definition) is 5. The maximum Gasteiger partial charge on any atom is 0.306 e. The van der Waals surface area contributed by atoms with Gasteiger partial charge >= 0.3 is 11.9 Å². The summed E-state index contributed by atoms with van der Waals surface area (Å²) in [4.78, 5) is 25.5. The van der Waals surface area contributed by atoms with E-state index in [4.69, 9.17) is 14.2 Å². The highest BCUT2D eigenvalue weighted by atomic mass is 16.6. The summed E-state index contributed by atoms with van der Waals surface area (Å²) in [6.45, 7) is 7.53. The van der Waals surface area contributed by atoms with E-state index in [9.17, 15) is 9.59 Å². The Bertz CT molecular complexity index is 1310. The van der Waals surface area contributed by atoms with Crippen LogP contribution in [0, 0.1) is 0 Å². The van der Waals surface area contributed by atoms with Crippen molar-refractivity contribution in [1.82, 2.24) is 0 Å². The maximum atomic E-state index is 12.8. The van der Waals surface area contributed by atoms with Crippen molar-refractivity contribution in [3.63, 3.8) is 0 Å². The second kappa shape index (κ2) is 55.9. The Morgan fingerprint density at radius 3 is 1.14 bits per heavy atom. The van der Waals surface area contributed by atoms with Crippen LogP contribution in [0.5, 0.6) is 0 Å². The van der Waals surface area contributed by atoms with Crippen LogP contribution in [0.25, 0.3) is 0 Å². The minimum absolute atomic E-state index is 0.0417. The summed E-state index contributed by atoms with van der Waals surface area (Å²) in [5.74, 6) is -0.492. The Hall–Kier alpha value is -3.44. The minimum Gasteiger partial charge on any atom is -0.462 e. The molecule has 0 radical (unpaired) electrons. The molecule has 0 saturated heterocycles. The summed E-state index contributed by atoms with van der Waals surface area (Å²) < 4.78 is 17.4. The summed E-state index contributed by atoms with van der Waals surface area (Å²) in [6.07, 6.45) is 76.8. The molecule has 0 saturated carbocycles. The number of carbonyl (C=O) groups excluding carboxylic acids is 2. The predicted octanol–water partition coefficient (Wildman–Crippen LogP) is 18.8. The third-order valence-corrected chi connectivity index (χ3v) is 11.3. The van der Waals surface area contributed by atoms with Gasteiger partial charge in [-0.25, -0.2) is 0 Å². The van der Waals surface area contributed by atoms with Crippen molar-refractivity contribution < 1.29 is 23.8 Å². The molecule has 0 amide bonds. The van der Waals surface area contributed by atoms with Gasteiger partial charge in [-0.3, -0.25) is 9.59 Å². The highest BCUT2D eigenvalue weighted by molar-refractivity contribution is 5.70. The molecule has 0 rings (SSSR count). The first kappa shape index (κ1) is 62.6. The molecular formula is C61H102O5. The Balaban J connectivity index is 4.42. The molecule has 0 aliphatic heterocycles. The molecule has 0 aromatic carbocycles. The van der Waals surface area contributed by atoms with Crippen molar-refractivity contribution in [1.29, 1.82) is 0 Å². The van der Waals surface area contributed by atoms with Crippen LogP contribution >= 0.6 is 0 Å². The zero-order valence-electron chi connectivity index (χ0n) is 43.2. The normalized spacial score (nSPS) is 13.1. The molecule has 66 heavy (non-hydrogen) atoms. The first-order chi connectivity index (χ1) is 32.6. The van der Waals surface area contributed by atoms with Gasteiger partial charge in [0, 0.05) is 19.4 Å². The summed E-state index contributed by atoms with van der Waals surface area (Å²) >= 11 is 0. The van der Waals surface area contributed by atoms with Gasteiger partial charge in [-0.05, 0) is 96.3 Å². The lowest BCUT2D eigenvalue weighted by Gasteiger charge is -2.18. The van der Waals surface area contributed by atoms with Crippen LogP contribution in [-0.4, -0.2) is 37.9 Å². The third-order valence-electron chi connectivity index (χ3n) is 11.3. The summed E-state index contributed by atoms with van der Waals surface area (Å²) in [5.41, 5.74) is 0. The summed E-state index contributed by atoms with van der Waals surface area (Å²) in [5, 5.41) is 0. The molecular weight excluding hydrogens is 813 g/mol. The fourth-order valence-corrected chi connectivity index (χ4v) is 7.30. The average Bonchev–Trinajstić information content (AvgIpc) is 3.32. The quantitative estimate of drug-likeness (QED) is 0.0346. The van der Waals surface area contributed by atoms with Gasteiger partial charge in [0.15, 0.2) is 6.10 Å². The average molecular weight is 915 g/mol. The first-order valence-electron chi connectivity index (χ1n) is 27.4. The molecule has 0 heterocycles. The molecule has 0 spiro atoms. The van der Waals surface area contributed by atoms with Crippen molar-refractivity contribution >= 4 is 11.9 Å². The van der Waals surface area contributed by atoms with Crippen LogP contribution in [0.15, 0.2) is 109 Å². The number of carbonyl (C=O) groups is 2. The van der Waals surface area contributed by atoms with Crippen molar-refractivity contribution in [2.24, 2.45) is 0 Å². The number of rotatable bonds is 49. The summed E-state index contributed by atoms with van der Waals surface area (Å²) in [7, 11) is 0. The van der Waals surface area contributed by atoms with Crippen LogP contribution in [0.4, 0.5) is 0 Å². The Labute approximate surface area is 408 Å². The molecule has 5 nitrogen and oxygen atoms in total. The van der Waals surface area contributed by atoms with Crippen LogP contribution in [0.1, 0.15) is 239 Å². The second-order valence-corrected chi connectivity index (χ2v) is 17.7. The molecule has 0 fully saturated rings. The Morgan fingerprint density at radius 2 is 0.697 bits per heavy atom. The molecule has 0 aromatic rings. The van der Waals surface area contributed by atoms with E-state index in [1.54, 1.807) is 0 Å². The number of hydrogen-bond donors (Lipinski definition) is 0. The van der Waals surface area contributed by atoms with Gasteiger partial charge in [-0.1, -0.05) is 239 Å². The van der Waals surface area contributed by atoms with E-state index in [2.05, 4.69) is 130 Å². The molecule has 0 N–H and O–H groups in total. The highest BCUT2D eigenvalue weighted by Gasteiger charge is 2.17. The van der Waals surface area contributed by atoms with Crippen LogP contribution < -0.4 is 0 Å². The first-order valence-corrected chi connectivity index (χ1v) is 27.4. The second-order valence-electron chi connectivity index (χ2n) is 17.7. The lowest BCUT2D eigenvalue weighted by molar-refractivity contribution is -0.163. The van der Waals surface area contributed by atoms with Crippen molar-refractivity contribution in [3.05, 3.63) is 109 Å². The van der Waals surface area contributed by atoms with Crippen molar-refractivity contribution in [3.8, 4) is 0 Å². The number of esters is 2. The molecule has 0 unspecified atom stereocenters. The molecule has 1 atom stereocenters. The maximum absolute atomic E-state index is 12.8. The molecule has 0 aliphatic carbocycles. The van der Waals surface area contributed by atoms with E-state index in [0.29, 0.717) is 19.4 Å². The SMILES string of the molecule is CC/C=C\C/C=C\C/C=C\C/C=C\C/C=C\CCCC(=O)OC[C@@H](COCCCCCCCCCCCCCCCCCC)OC(=O)CCCCCC/C=C\C/C=C\C/C=C\C/C=C\CC. The van der Waals surface area contributed by atoms with Crippen LogP contribution in [-0.2, 0) is 23.8 Å². The monoisotopic (exact) mass is 915 g/mol. The summed E-state index contributed by atoms with van der Waals surface area (Å²) in [6, 6.07) is 0. The van der Waals surface area contributed by atoms with Crippen LogP contribution in [0.2, 0.25) is 0 Å². The van der Waals surface area contributed by atoms with E-state index in [1.807, 2.05) is 0 Å². The topological polar surface area (TPSA) is 61.8 Å². The number of allylic oxidation sites excluding steroid dienone is 18. The molecule has 376 valence electrons. The van der Waals surface area contributed by atoms with Gasteiger partial charge in [0.05, 0.1) is 6.61 Å². The number of unbranched alkanes of at least 4 members (excludes halogenated alkanes) is 20. The van der Waals surface area contributed by atoms with Gasteiger partial charge in [0.2, 0.25) is 0 Å². The standard InChI is InChI=1S/C61H102O5/c1-4-7-10-13-16-19-22-25-28-31-33-36-39-42-45-48-51-54-60(62)65-58-59(57-64-56-53-50-47-44-41-38-35-30-27-24-21-18-15-12-9-6-3)66-61(63)55-52-49-46-43-40-37-34-32-29-26-23-20-17-14-11-8-5-2/h7-8,10-11,16-17,19-20,25-26,28-29,33-34,36-37,42,45,59H,4-6,9,12-15,18,21-24,27,30-32,35,38-41,43-44,46-58H2,1-3H3/b10-7-,11-8-,19-16-,20-17-,28-25-,29-26-,36-33-,37-34-,45-42-/t59-/m1/s1. The minimum atomic E-state index is -0.577. The predicted molar refractivity (Wildman–Crippen MR) is 288 cm³/mol. The molecule has 5 heteroatoms. The van der Waals surface area contributed by atoms with E-state index in [-0.39, 0.29) is 25.2 Å². The number of ether oxygens (including phenoxy) is 3. The third kappa shape index (κ3) is 53.2. The van der Waals surface area contributed by atoms with Gasteiger partial charge in [0.1, 0.15) is 6.61 Å². The molecule has 0 aromatic heterocycles. The Morgan fingerprint density at radius 1 is 0.348 bits per heavy atom. The lowest BCUT2D eigenvalue weighted by atomic mass is 10.0. The lowest BCUT2D eigenvalue weighted by Crippen LogP contribution is -2.30. The fraction of sp³-hybridized carbons (Fsp3) is 0.672. The zero-order chi connectivity index (χ0) is 47.7. The van der Waals surface area contributed by atoms with Crippen LogP contribution in [0.3, 0.4) is 0 Å². The Kier molecular flexibility index (Phi) is 53.0. The van der Waals surface area contributed by atoms with Gasteiger partial charge in [-0.15, -0.1) is 0 Å². The van der Waals surface area contributed by atoms with E-state index in [0.717, 1.165) is 116 Å². The smallest absolute Gasteiger partial charge is 0.306 e. The van der Waals surface area contributed by atoms with Gasteiger partial charge < -0.3 is 14.2 Å². The van der Waals surface area contributed by atoms with Crippen molar-refractivity contribution in [2.45, 2.75) is 245 Å². The molecule has 0 aliphatic rings. The van der Waals surface area contributed by atoms with Gasteiger partial charge in [-0.2, -0.15) is 0 Å².